The predicted octanol–water partition coefficient (Wildman–Crippen LogP) is -2.40. The highest BCUT2D eigenvalue weighted by molar-refractivity contribution is 5.79. The molecule has 1 aliphatic rings. The van der Waals surface area contributed by atoms with Gasteiger partial charge in [-0.3, -0.25) is 4.79 Å². The molecule has 1 heterocycles. The van der Waals surface area contributed by atoms with Gasteiger partial charge in [0.25, 0.3) is 0 Å². The molecule has 0 aromatic rings. The second kappa shape index (κ2) is 5.46. The van der Waals surface area contributed by atoms with Crippen molar-refractivity contribution in [2.24, 2.45) is 0 Å². The molecular weight excluding hydrogens is 220 g/mol. The minimum Gasteiger partial charge on any atom is -0.388 e. The van der Waals surface area contributed by atoms with Crippen molar-refractivity contribution in [3.8, 4) is 0 Å². The number of carbonyl (C=O) groups excluding carboxylic acids is 2. The van der Waals surface area contributed by atoms with Crippen LogP contribution in [-0.4, -0.2) is 64.7 Å². The molecule has 0 bridgehead atoms. The van der Waals surface area contributed by atoms with Crippen molar-refractivity contribution in [1.82, 2.24) is 0 Å². The number of Topliss-reactive ketones (excluding diaryl/α,β-unsaturated/α-hetero) is 1. The third kappa shape index (κ3) is 2.83. The summed E-state index contributed by atoms with van der Waals surface area (Å²) in [6.45, 7) is 1.01. The van der Waals surface area contributed by atoms with Gasteiger partial charge in [0.05, 0.1) is 6.61 Å². The Hall–Kier alpha value is -0.860. The first-order valence-electron chi connectivity index (χ1n) is 4.74. The number of ketones is 1. The predicted molar refractivity (Wildman–Crippen MR) is 49.4 cm³/mol. The van der Waals surface area contributed by atoms with Crippen molar-refractivity contribution in [2.75, 3.05) is 6.61 Å². The largest absolute Gasteiger partial charge is 0.388 e. The van der Waals surface area contributed by atoms with Gasteiger partial charge in [-0.15, -0.1) is 0 Å². The fourth-order valence-electron chi connectivity index (χ4n) is 1.35. The van der Waals surface area contributed by atoms with E-state index in [0.717, 1.165) is 0 Å². The molecule has 7 heteroatoms. The molecule has 5 atom stereocenters. The van der Waals surface area contributed by atoms with E-state index in [1.165, 1.54) is 6.92 Å². The summed E-state index contributed by atoms with van der Waals surface area (Å²) in [6.07, 6.45) is -6.78. The monoisotopic (exact) mass is 234 g/mol. The molecule has 3 N–H and O–H groups in total. The maximum absolute atomic E-state index is 11.0. The Morgan fingerprint density at radius 2 is 2.12 bits per heavy atom. The molecule has 1 rings (SSSR count). The molecule has 0 saturated carbocycles. The van der Waals surface area contributed by atoms with E-state index in [-0.39, 0.29) is 12.9 Å². The Labute approximate surface area is 91.6 Å². The van der Waals surface area contributed by atoms with Crippen LogP contribution in [0.5, 0.6) is 0 Å². The van der Waals surface area contributed by atoms with E-state index in [1.54, 1.807) is 0 Å². The molecule has 92 valence electrons. The Morgan fingerprint density at radius 3 is 2.62 bits per heavy atom. The van der Waals surface area contributed by atoms with Crippen molar-refractivity contribution >= 4 is 12.1 Å². The lowest BCUT2D eigenvalue weighted by Gasteiger charge is -2.35. The fraction of sp³-hybridized carbons (Fsp3) is 0.778. The molecule has 0 radical (unpaired) electrons. The highest BCUT2D eigenvalue weighted by atomic mass is 16.7. The van der Waals surface area contributed by atoms with Crippen LogP contribution >= 0.6 is 0 Å². The highest BCUT2D eigenvalue weighted by Gasteiger charge is 2.39. The van der Waals surface area contributed by atoms with Crippen molar-refractivity contribution in [1.29, 1.82) is 0 Å². The van der Waals surface area contributed by atoms with Gasteiger partial charge in [-0.1, -0.05) is 0 Å². The number of hydrogen-bond donors (Lipinski definition) is 3. The summed E-state index contributed by atoms with van der Waals surface area (Å²) in [7, 11) is 0. The van der Waals surface area contributed by atoms with E-state index in [9.17, 15) is 19.8 Å². The summed E-state index contributed by atoms with van der Waals surface area (Å²) in [5.74, 6) is -0.426. The number of aliphatic hydroxyl groups excluding tert-OH is 3. The van der Waals surface area contributed by atoms with Crippen molar-refractivity contribution in [3.05, 3.63) is 0 Å². The Kier molecular flexibility index (Phi) is 4.51. The number of carbonyl (C=O) groups is 2. The number of aldehydes is 1. The molecule has 0 aromatic heterocycles. The fourth-order valence-corrected chi connectivity index (χ4v) is 1.35. The molecule has 1 unspecified atom stereocenters. The van der Waals surface area contributed by atoms with Crippen LogP contribution in [0.25, 0.3) is 0 Å². The third-order valence-electron chi connectivity index (χ3n) is 2.24. The summed E-state index contributed by atoms with van der Waals surface area (Å²) in [6, 6.07) is 0. The lowest BCUT2D eigenvalue weighted by atomic mass is 10.0. The molecule has 7 nitrogen and oxygen atoms in total. The number of ether oxygens (including phenoxy) is 2. The van der Waals surface area contributed by atoms with Gasteiger partial charge in [-0.25, -0.2) is 0 Å². The molecule has 0 aliphatic carbocycles. The molecular formula is C9H14O7. The normalized spacial score (nSPS) is 34.1. The lowest BCUT2D eigenvalue weighted by Crippen LogP contribution is -2.54. The van der Waals surface area contributed by atoms with Gasteiger partial charge in [0.2, 0.25) is 6.29 Å². The molecule has 0 aromatic carbocycles. The van der Waals surface area contributed by atoms with Gasteiger partial charge in [0, 0.05) is 0 Å². The quantitative estimate of drug-likeness (QED) is 0.464. The number of rotatable bonds is 4. The Balaban J connectivity index is 2.69. The minimum absolute atomic E-state index is 0.124. The third-order valence-corrected chi connectivity index (χ3v) is 2.24. The van der Waals surface area contributed by atoms with Crippen LogP contribution in [0.15, 0.2) is 0 Å². The number of aliphatic hydroxyl groups is 3. The van der Waals surface area contributed by atoms with Gasteiger partial charge in [-0.2, -0.15) is 0 Å². The van der Waals surface area contributed by atoms with Gasteiger partial charge in [0.15, 0.2) is 12.1 Å². The molecule has 0 spiro atoms. The maximum atomic E-state index is 11.0. The molecule has 1 aliphatic heterocycles. The Bertz CT molecular complexity index is 267. The summed E-state index contributed by atoms with van der Waals surface area (Å²) < 4.78 is 9.80. The zero-order valence-electron chi connectivity index (χ0n) is 8.65. The molecule has 0 amide bonds. The SMILES string of the molecule is CC(=O)C1OC[C@@H](O)[C@H]([C@H](O)[C@@H](O)C=O)O1. The zero-order chi connectivity index (χ0) is 12.3. The summed E-state index contributed by atoms with van der Waals surface area (Å²) in [4.78, 5) is 21.2. The van der Waals surface area contributed by atoms with E-state index in [4.69, 9.17) is 14.6 Å². The first kappa shape index (κ1) is 13.2. The first-order chi connectivity index (χ1) is 7.47. The molecule has 1 saturated heterocycles. The summed E-state index contributed by atoms with van der Waals surface area (Å²) >= 11 is 0. The Morgan fingerprint density at radius 1 is 1.50 bits per heavy atom. The van der Waals surface area contributed by atoms with E-state index in [2.05, 4.69) is 0 Å². The van der Waals surface area contributed by atoms with E-state index in [0.29, 0.717) is 0 Å². The maximum Gasteiger partial charge on any atom is 0.218 e. The van der Waals surface area contributed by atoms with E-state index < -0.39 is 36.5 Å². The van der Waals surface area contributed by atoms with E-state index in [1.807, 2.05) is 0 Å². The summed E-state index contributed by atoms with van der Waals surface area (Å²) in [5.41, 5.74) is 0. The minimum atomic E-state index is -1.68. The number of hydrogen-bond acceptors (Lipinski definition) is 7. The van der Waals surface area contributed by atoms with Crippen molar-refractivity contribution in [3.63, 3.8) is 0 Å². The average molecular weight is 234 g/mol. The van der Waals surface area contributed by atoms with Gasteiger partial charge in [0.1, 0.15) is 24.4 Å². The highest BCUT2D eigenvalue weighted by Crippen LogP contribution is 2.18. The molecule has 16 heavy (non-hydrogen) atoms. The van der Waals surface area contributed by atoms with Gasteiger partial charge >= 0.3 is 0 Å². The van der Waals surface area contributed by atoms with Crippen LogP contribution in [0.3, 0.4) is 0 Å². The van der Waals surface area contributed by atoms with Crippen molar-refractivity contribution in [2.45, 2.75) is 37.6 Å². The second-order valence-electron chi connectivity index (χ2n) is 3.56. The zero-order valence-corrected chi connectivity index (χ0v) is 8.65. The molecule has 1 fully saturated rings. The van der Waals surface area contributed by atoms with E-state index >= 15 is 0 Å². The van der Waals surface area contributed by atoms with Crippen LogP contribution in [0.1, 0.15) is 6.92 Å². The topological polar surface area (TPSA) is 113 Å². The van der Waals surface area contributed by atoms with Crippen LogP contribution < -0.4 is 0 Å². The van der Waals surface area contributed by atoms with Crippen LogP contribution in [0.2, 0.25) is 0 Å². The second-order valence-corrected chi connectivity index (χ2v) is 3.56. The van der Waals surface area contributed by atoms with Gasteiger partial charge in [-0.05, 0) is 6.92 Å². The first-order valence-corrected chi connectivity index (χ1v) is 4.74. The lowest BCUT2D eigenvalue weighted by molar-refractivity contribution is -0.266. The standard InChI is InChI=1S/C9H14O7/c1-4(11)9-15-3-6(13)8(16-9)7(14)5(12)2-10/h2,5-9,12-14H,3H2,1H3/t5-,6+,7+,8+,9?/m0/s1. The smallest absolute Gasteiger partial charge is 0.218 e. The summed E-state index contributed by atoms with van der Waals surface area (Å²) in [5, 5.41) is 28.0. The average Bonchev–Trinajstić information content (AvgIpc) is 2.27. The van der Waals surface area contributed by atoms with Crippen LogP contribution in [0, 0.1) is 0 Å². The van der Waals surface area contributed by atoms with Crippen LogP contribution in [0.4, 0.5) is 0 Å². The van der Waals surface area contributed by atoms with Crippen LogP contribution in [-0.2, 0) is 19.1 Å². The van der Waals surface area contributed by atoms with Gasteiger partial charge < -0.3 is 29.6 Å². The van der Waals surface area contributed by atoms with Crippen molar-refractivity contribution < 1.29 is 34.4 Å².